The second kappa shape index (κ2) is 5.57. The minimum atomic E-state index is -0.713. The van der Waals surface area contributed by atoms with Crippen LogP contribution in [-0.2, 0) is 9.47 Å². The van der Waals surface area contributed by atoms with E-state index in [2.05, 4.69) is 0 Å². The zero-order valence-electron chi connectivity index (χ0n) is 12.4. The number of hydrogen-bond acceptors (Lipinski definition) is 6. The van der Waals surface area contributed by atoms with Crippen molar-refractivity contribution in [2.24, 2.45) is 0 Å². The van der Waals surface area contributed by atoms with Crippen molar-refractivity contribution in [2.75, 3.05) is 14.2 Å². The van der Waals surface area contributed by atoms with Crippen LogP contribution in [-0.4, -0.2) is 26.2 Å². The summed E-state index contributed by atoms with van der Waals surface area (Å²) in [5, 5.41) is 1.16. The molecular weight excluding hydrogens is 300 g/mol. The normalized spacial score (nSPS) is 10.7. The monoisotopic (exact) mass is 312 g/mol. The van der Waals surface area contributed by atoms with Gasteiger partial charge in [0, 0.05) is 10.8 Å². The van der Waals surface area contributed by atoms with Crippen molar-refractivity contribution in [3.63, 3.8) is 0 Å². The van der Waals surface area contributed by atoms with E-state index in [1.165, 1.54) is 26.4 Å². The molecular formula is C17H12O6. The van der Waals surface area contributed by atoms with Gasteiger partial charge in [0.15, 0.2) is 0 Å². The third-order valence-electron chi connectivity index (χ3n) is 3.58. The molecule has 3 aromatic rings. The summed E-state index contributed by atoms with van der Waals surface area (Å²) < 4.78 is 14.8. The minimum Gasteiger partial charge on any atom is -0.465 e. The summed E-state index contributed by atoms with van der Waals surface area (Å²) in [6.45, 7) is 0. The number of methoxy groups -OCH3 is 2. The maximum absolute atomic E-state index is 12.2. The SMILES string of the molecule is COC(=O)c1ccc2oc(=O)c3ccccc3c2c1C(=O)OC. The van der Waals surface area contributed by atoms with Gasteiger partial charge >= 0.3 is 17.6 Å². The third-order valence-corrected chi connectivity index (χ3v) is 3.58. The Bertz CT molecular complexity index is 999. The molecule has 1 heterocycles. The smallest absolute Gasteiger partial charge is 0.344 e. The van der Waals surface area contributed by atoms with Gasteiger partial charge in [-0.3, -0.25) is 0 Å². The molecule has 23 heavy (non-hydrogen) atoms. The zero-order chi connectivity index (χ0) is 16.6. The standard InChI is InChI=1S/C17H12O6/c1-21-15(18)11-7-8-12-13(14(11)17(20)22-2)9-5-3-4-6-10(9)16(19)23-12/h3-8H,1-2H3. The molecule has 0 amide bonds. The van der Waals surface area contributed by atoms with Gasteiger partial charge in [-0.15, -0.1) is 0 Å². The lowest BCUT2D eigenvalue weighted by molar-refractivity contribution is 0.0557. The molecule has 0 saturated carbocycles. The van der Waals surface area contributed by atoms with Crippen LogP contribution >= 0.6 is 0 Å². The fourth-order valence-electron chi connectivity index (χ4n) is 2.56. The van der Waals surface area contributed by atoms with Crippen molar-refractivity contribution in [3.8, 4) is 0 Å². The summed E-state index contributed by atoms with van der Waals surface area (Å²) in [6, 6.07) is 9.52. The van der Waals surface area contributed by atoms with E-state index in [9.17, 15) is 14.4 Å². The maximum atomic E-state index is 12.2. The Balaban J connectivity index is 2.58. The number of carbonyl (C=O) groups is 2. The van der Waals surface area contributed by atoms with Crippen LogP contribution < -0.4 is 5.63 Å². The second-order valence-corrected chi connectivity index (χ2v) is 4.78. The Morgan fingerprint density at radius 1 is 0.913 bits per heavy atom. The van der Waals surface area contributed by atoms with Crippen LogP contribution in [0.15, 0.2) is 45.6 Å². The number of fused-ring (bicyclic) bond motifs is 3. The first-order valence-corrected chi connectivity index (χ1v) is 6.73. The number of rotatable bonds is 2. The Labute approximate surface area is 130 Å². The van der Waals surface area contributed by atoms with Crippen LogP contribution in [0.25, 0.3) is 21.7 Å². The lowest BCUT2D eigenvalue weighted by atomic mass is 9.98. The van der Waals surface area contributed by atoms with Gasteiger partial charge in [0.1, 0.15) is 5.58 Å². The summed E-state index contributed by atoms with van der Waals surface area (Å²) >= 11 is 0. The maximum Gasteiger partial charge on any atom is 0.344 e. The molecule has 0 spiro atoms. The highest BCUT2D eigenvalue weighted by molar-refractivity contribution is 6.19. The number of esters is 2. The first-order chi connectivity index (χ1) is 11.1. The van der Waals surface area contributed by atoms with Gasteiger partial charge in [-0.05, 0) is 18.2 Å². The van der Waals surface area contributed by atoms with Crippen LogP contribution in [0.5, 0.6) is 0 Å². The van der Waals surface area contributed by atoms with E-state index in [1.54, 1.807) is 24.3 Å². The van der Waals surface area contributed by atoms with E-state index in [1.807, 2.05) is 0 Å². The molecule has 116 valence electrons. The van der Waals surface area contributed by atoms with E-state index in [-0.39, 0.29) is 16.7 Å². The topological polar surface area (TPSA) is 82.8 Å². The predicted octanol–water partition coefficient (Wildman–Crippen LogP) is 2.52. The van der Waals surface area contributed by atoms with Gasteiger partial charge in [-0.2, -0.15) is 0 Å². The molecule has 0 fully saturated rings. The van der Waals surface area contributed by atoms with Crippen LogP contribution in [0.1, 0.15) is 20.7 Å². The fraction of sp³-hybridized carbons (Fsp3) is 0.118. The highest BCUT2D eigenvalue weighted by Crippen LogP contribution is 2.29. The number of hydrogen-bond donors (Lipinski definition) is 0. The first-order valence-electron chi connectivity index (χ1n) is 6.73. The van der Waals surface area contributed by atoms with Crippen molar-refractivity contribution in [1.29, 1.82) is 0 Å². The minimum absolute atomic E-state index is 0.0109. The van der Waals surface area contributed by atoms with Crippen molar-refractivity contribution >= 4 is 33.7 Å². The Morgan fingerprint density at radius 2 is 1.57 bits per heavy atom. The van der Waals surface area contributed by atoms with E-state index in [0.29, 0.717) is 16.2 Å². The lowest BCUT2D eigenvalue weighted by Crippen LogP contribution is -2.13. The summed E-state index contributed by atoms with van der Waals surface area (Å²) in [7, 11) is 2.43. The van der Waals surface area contributed by atoms with Gasteiger partial charge < -0.3 is 13.9 Å². The molecule has 2 aromatic carbocycles. The van der Waals surface area contributed by atoms with Gasteiger partial charge in [0.05, 0.1) is 30.7 Å². The van der Waals surface area contributed by atoms with E-state index < -0.39 is 17.6 Å². The van der Waals surface area contributed by atoms with E-state index in [4.69, 9.17) is 13.9 Å². The van der Waals surface area contributed by atoms with Crippen LogP contribution in [0, 0.1) is 0 Å². The molecule has 0 radical (unpaired) electrons. The summed E-state index contributed by atoms with van der Waals surface area (Å²) in [5.74, 6) is -1.39. The Kier molecular flexibility index (Phi) is 3.57. The molecule has 0 aliphatic carbocycles. The molecule has 0 N–H and O–H groups in total. The molecule has 6 nitrogen and oxygen atoms in total. The average Bonchev–Trinajstić information content (AvgIpc) is 2.59. The molecule has 0 bridgehead atoms. The lowest BCUT2D eigenvalue weighted by Gasteiger charge is -2.11. The van der Waals surface area contributed by atoms with E-state index >= 15 is 0 Å². The summed E-state index contributed by atoms with van der Waals surface area (Å²) in [4.78, 5) is 36.3. The van der Waals surface area contributed by atoms with Crippen LogP contribution in [0.2, 0.25) is 0 Å². The zero-order valence-corrected chi connectivity index (χ0v) is 12.4. The fourth-order valence-corrected chi connectivity index (χ4v) is 2.56. The largest absolute Gasteiger partial charge is 0.465 e. The highest BCUT2D eigenvalue weighted by atomic mass is 16.5. The quantitative estimate of drug-likeness (QED) is 0.411. The molecule has 1 aromatic heterocycles. The Hall–Kier alpha value is -3.15. The number of benzene rings is 2. The summed E-state index contributed by atoms with van der Waals surface area (Å²) in [6.07, 6.45) is 0. The van der Waals surface area contributed by atoms with Crippen molar-refractivity contribution in [3.05, 3.63) is 57.9 Å². The second-order valence-electron chi connectivity index (χ2n) is 4.78. The highest BCUT2D eigenvalue weighted by Gasteiger charge is 2.24. The molecule has 0 saturated heterocycles. The number of carbonyl (C=O) groups excluding carboxylic acids is 2. The van der Waals surface area contributed by atoms with E-state index in [0.717, 1.165) is 0 Å². The van der Waals surface area contributed by atoms with Crippen molar-refractivity contribution in [1.82, 2.24) is 0 Å². The van der Waals surface area contributed by atoms with Crippen molar-refractivity contribution in [2.45, 2.75) is 0 Å². The Morgan fingerprint density at radius 3 is 2.22 bits per heavy atom. The third kappa shape index (κ3) is 2.24. The summed E-state index contributed by atoms with van der Waals surface area (Å²) in [5.41, 5.74) is -0.265. The van der Waals surface area contributed by atoms with Gasteiger partial charge in [0.25, 0.3) is 0 Å². The van der Waals surface area contributed by atoms with Gasteiger partial charge in [0.2, 0.25) is 0 Å². The average molecular weight is 312 g/mol. The molecule has 3 rings (SSSR count). The molecule has 0 atom stereocenters. The molecule has 0 aliphatic heterocycles. The molecule has 0 unspecified atom stereocenters. The van der Waals surface area contributed by atoms with Gasteiger partial charge in [-0.1, -0.05) is 18.2 Å². The molecule has 0 aliphatic rings. The van der Waals surface area contributed by atoms with Crippen molar-refractivity contribution < 1.29 is 23.5 Å². The van der Waals surface area contributed by atoms with Crippen LogP contribution in [0.4, 0.5) is 0 Å². The number of ether oxygens (including phenoxy) is 2. The predicted molar refractivity (Wildman–Crippen MR) is 82.7 cm³/mol. The first kappa shape index (κ1) is 14.8. The van der Waals surface area contributed by atoms with Crippen LogP contribution in [0.3, 0.4) is 0 Å². The molecule has 6 heteroatoms. The van der Waals surface area contributed by atoms with Gasteiger partial charge in [-0.25, -0.2) is 14.4 Å².